The van der Waals surface area contributed by atoms with Crippen LogP contribution in [0.4, 0.5) is 0 Å². The van der Waals surface area contributed by atoms with E-state index in [4.69, 9.17) is 9.72 Å². The summed E-state index contributed by atoms with van der Waals surface area (Å²) in [6.45, 7) is 0. The summed E-state index contributed by atoms with van der Waals surface area (Å²) in [4.78, 5) is 13.9. The minimum atomic E-state index is 0.494. The number of para-hydroxylation sites is 2. The summed E-state index contributed by atoms with van der Waals surface area (Å²) < 4.78 is 10.4. The van der Waals surface area contributed by atoms with Crippen LogP contribution in [0.2, 0.25) is 0 Å². The van der Waals surface area contributed by atoms with Crippen LogP contribution < -0.4 is 4.74 Å². The van der Waals surface area contributed by atoms with Crippen molar-refractivity contribution in [2.24, 2.45) is 0 Å². The zero-order valence-corrected chi connectivity index (χ0v) is 20.8. The van der Waals surface area contributed by atoms with E-state index in [1.54, 1.807) is 6.20 Å². The molecule has 0 unspecified atom stereocenters. The molecule has 0 fully saturated rings. The fraction of sp³-hybridized carbons (Fsp3) is 0. The first-order valence-corrected chi connectivity index (χ1v) is 12.8. The molecule has 5 aromatic heterocycles. The molecule has 6 nitrogen and oxygen atoms in total. The molecule has 184 valence electrons. The maximum atomic E-state index is 6.01. The number of fused-ring (bicyclic) bond motifs is 6. The van der Waals surface area contributed by atoms with Gasteiger partial charge in [-0.05, 0) is 48.5 Å². The summed E-state index contributed by atoms with van der Waals surface area (Å²) >= 11 is 0. The molecule has 3 aromatic carbocycles. The van der Waals surface area contributed by atoms with Gasteiger partial charge in [-0.15, -0.1) is 0 Å². The Kier molecular flexibility index (Phi) is 4.72. The average molecular weight is 504 g/mol. The minimum absolute atomic E-state index is 0.494. The van der Waals surface area contributed by atoms with E-state index in [0.717, 1.165) is 44.5 Å². The van der Waals surface area contributed by atoms with Crippen molar-refractivity contribution in [3.8, 4) is 23.3 Å². The van der Waals surface area contributed by atoms with Gasteiger partial charge in [0.15, 0.2) is 0 Å². The molecule has 0 aliphatic heterocycles. The second-order valence-corrected chi connectivity index (χ2v) is 9.39. The van der Waals surface area contributed by atoms with Crippen molar-refractivity contribution in [3.05, 3.63) is 128 Å². The van der Waals surface area contributed by atoms with Crippen molar-refractivity contribution < 1.29 is 4.74 Å². The molecule has 0 N–H and O–H groups in total. The lowest BCUT2D eigenvalue weighted by atomic mass is 10.1. The van der Waals surface area contributed by atoms with E-state index in [0.29, 0.717) is 11.8 Å². The Balaban J connectivity index is 1.41. The van der Waals surface area contributed by atoms with Crippen molar-refractivity contribution in [1.82, 2.24) is 24.1 Å². The van der Waals surface area contributed by atoms with E-state index in [9.17, 15) is 0 Å². The Morgan fingerprint density at radius 2 is 1.15 bits per heavy atom. The summed E-state index contributed by atoms with van der Waals surface area (Å²) in [6, 6.07) is 39.0. The van der Waals surface area contributed by atoms with E-state index in [1.807, 2.05) is 48.7 Å². The van der Waals surface area contributed by atoms with Crippen LogP contribution in [0.3, 0.4) is 0 Å². The number of hydrogen-bond donors (Lipinski definition) is 0. The molecule has 0 saturated heterocycles. The predicted molar refractivity (Wildman–Crippen MR) is 155 cm³/mol. The van der Waals surface area contributed by atoms with E-state index >= 15 is 0 Å². The van der Waals surface area contributed by atoms with E-state index in [2.05, 4.69) is 91.9 Å². The number of aromatic nitrogens is 5. The molecule has 0 spiro atoms. The molecule has 39 heavy (non-hydrogen) atoms. The highest BCUT2D eigenvalue weighted by molar-refractivity contribution is 6.11. The van der Waals surface area contributed by atoms with Gasteiger partial charge in [-0.25, -0.2) is 9.97 Å². The van der Waals surface area contributed by atoms with Gasteiger partial charge in [0.2, 0.25) is 11.8 Å². The molecule has 0 saturated carbocycles. The molecule has 0 aliphatic rings. The number of hydrogen-bond acceptors (Lipinski definition) is 4. The topological polar surface area (TPSA) is 57.8 Å². The van der Waals surface area contributed by atoms with Gasteiger partial charge in [-0.1, -0.05) is 54.6 Å². The quantitative estimate of drug-likeness (QED) is 0.245. The average Bonchev–Trinajstić information content (AvgIpc) is 3.50. The van der Waals surface area contributed by atoms with Crippen molar-refractivity contribution in [1.29, 1.82) is 0 Å². The van der Waals surface area contributed by atoms with Crippen LogP contribution in [-0.2, 0) is 0 Å². The van der Waals surface area contributed by atoms with Crippen LogP contribution >= 0.6 is 0 Å². The molecule has 0 aliphatic carbocycles. The highest BCUT2D eigenvalue weighted by atomic mass is 16.5. The lowest BCUT2D eigenvalue weighted by Crippen LogP contribution is -1.99. The number of pyridine rings is 3. The third kappa shape index (κ3) is 3.39. The van der Waals surface area contributed by atoms with Crippen LogP contribution in [0.15, 0.2) is 128 Å². The van der Waals surface area contributed by atoms with Gasteiger partial charge in [-0.2, -0.15) is 4.98 Å². The van der Waals surface area contributed by atoms with Crippen LogP contribution in [0.1, 0.15) is 0 Å². The van der Waals surface area contributed by atoms with Crippen LogP contribution in [0.5, 0.6) is 11.8 Å². The normalized spacial score (nSPS) is 11.6. The van der Waals surface area contributed by atoms with Gasteiger partial charge in [0.05, 0.1) is 16.6 Å². The largest absolute Gasteiger partial charge is 0.421 e. The van der Waals surface area contributed by atoms with Crippen molar-refractivity contribution in [2.75, 3.05) is 0 Å². The van der Waals surface area contributed by atoms with Crippen molar-refractivity contribution in [2.45, 2.75) is 0 Å². The zero-order chi connectivity index (χ0) is 25.8. The maximum Gasteiger partial charge on any atom is 0.223 e. The number of nitrogens with zero attached hydrogens (tertiary/aromatic N) is 5. The summed E-state index contributed by atoms with van der Waals surface area (Å²) in [6.07, 6.45) is 3.54. The molecule has 6 heteroatoms. The van der Waals surface area contributed by atoms with E-state index in [1.165, 1.54) is 10.8 Å². The second kappa shape index (κ2) is 8.53. The standard InChI is InChI=1S/C33H21N5O/c1-4-12-28-23(9-1)25-16-15-22(21-29(25)38(28)30-13-5-7-19-34-30)37-27-11-3-2-10-24(27)26-17-18-32(36-33(26)37)39-31-14-6-8-20-35-31/h1-21H. The molecular formula is C33H21N5O. The Morgan fingerprint density at radius 3 is 1.92 bits per heavy atom. The molecule has 0 radical (unpaired) electrons. The Bertz CT molecular complexity index is 2150. The number of benzene rings is 3. The molecule has 0 bridgehead atoms. The second-order valence-electron chi connectivity index (χ2n) is 9.39. The minimum Gasteiger partial charge on any atom is -0.421 e. The first kappa shape index (κ1) is 21.6. The Morgan fingerprint density at radius 1 is 0.487 bits per heavy atom. The lowest BCUT2D eigenvalue weighted by molar-refractivity contribution is 0.446. The smallest absolute Gasteiger partial charge is 0.223 e. The predicted octanol–water partition coefficient (Wildman–Crippen LogP) is 7.86. The molecule has 8 aromatic rings. The molecule has 8 rings (SSSR count). The Labute approximate surface area is 223 Å². The summed E-state index contributed by atoms with van der Waals surface area (Å²) in [5.74, 6) is 1.88. The molecule has 0 amide bonds. The van der Waals surface area contributed by atoms with Crippen LogP contribution in [0, 0.1) is 0 Å². The zero-order valence-electron chi connectivity index (χ0n) is 20.8. The fourth-order valence-corrected chi connectivity index (χ4v) is 5.49. The van der Waals surface area contributed by atoms with Gasteiger partial charge >= 0.3 is 0 Å². The third-order valence-electron chi connectivity index (χ3n) is 7.14. The van der Waals surface area contributed by atoms with Crippen LogP contribution in [0.25, 0.3) is 55.2 Å². The fourth-order valence-electron chi connectivity index (χ4n) is 5.49. The lowest BCUT2D eigenvalue weighted by Gasteiger charge is -2.10. The van der Waals surface area contributed by atoms with E-state index in [-0.39, 0.29) is 0 Å². The first-order valence-electron chi connectivity index (χ1n) is 12.8. The molecular weight excluding hydrogens is 482 g/mol. The van der Waals surface area contributed by atoms with Gasteiger partial charge in [-0.3, -0.25) is 9.13 Å². The first-order chi connectivity index (χ1) is 19.3. The van der Waals surface area contributed by atoms with Gasteiger partial charge in [0, 0.05) is 51.8 Å². The van der Waals surface area contributed by atoms with E-state index < -0.39 is 0 Å². The summed E-state index contributed by atoms with van der Waals surface area (Å²) in [5, 5.41) is 4.56. The van der Waals surface area contributed by atoms with Crippen molar-refractivity contribution in [3.63, 3.8) is 0 Å². The van der Waals surface area contributed by atoms with Gasteiger partial charge in [0.25, 0.3) is 0 Å². The highest BCUT2D eigenvalue weighted by Crippen LogP contribution is 2.36. The summed E-state index contributed by atoms with van der Waals surface area (Å²) in [5.41, 5.74) is 5.12. The van der Waals surface area contributed by atoms with Crippen LogP contribution in [-0.4, -0.2) is 24.1 Å². The SMILES string of the molecule is c1ccc(Oc2ccc3c4ccccc4n(-c4ccc5c6ccccc6n(-c6ccccn6)c5c4)c3n2)nc1. The van der Waals surface area contributed by atoms with Gasteiger partial charge < -0.3 is 4.74 Å². The maximum absolute atomic E-state index is 6.01. The highest BCUT2D eigenvalue weighted by Gasteiger charge is 2.18. The summed E-state index contributed by atoms with van der Waals surface area (Å²) in [7, 11) is 0. The Hall–Kier alpha value is -5.49. The number of ether oxygens (including phenoxy) is 1. The third-order valence-corrected chi connectivity index (χ3v) is 7.14. The molecule has 0 atom stereocenters. The van der Waals surface area contributed by atoms with Crippen molar-refractivity contribution >= 4 is 43.7 Å². The van der Waals surface area contributed by atoms with Gasteiger partial charge in [0.1, 0.15) is 11.5 Å². The molecule has 5 heterocycles. The monoisotopic (exact) mass is 503 g/mol. The number of rotatable bonds is 4.